The number of aromatic nitrogens is 2. The topological polar surface area (TPSA) is 42.9 Å². The van der Waals surface area contributed by atoms with Crippen molar-refractivity contribution in [2.45, 2.75) is 13.8 Å². The summed E-state index contributed by atoms with van der Waals surface area (Å²) in [6.07, 6.45) is 0. The second-order valence-corrected chi connectivity index (χ2v) is 2.86. The monoisotopic (exact) mass is 142 g/mol. The maximum absolute atomic E-state index is 10.6. The third-order valence-corrected chi connectivity index (χ3v) is 1.77. The molecule has 1 heterocycles. The van der Waals surface area contributed by atoms with Crippen LogP contribution in [0.3, 0.4) is 0 Å². The van der Waals surface area contributed by atoms with E-state index in [4.69, 9.17) is 0 Å². The van der Waals surface area contributed by atoms with Crippen LogP contribution < -0.4 is 0 Å². The molecule has 0 atom stereocenters. The van der Waals surface area contributed by atoms with Gasteiger partial charge in [-0.1, -0.05) is 11.3 Å². The third-order valence-electron chi connectivity index (χ3n) is 0.827. The Labute approximate surface area is 56.7 Å². The van der Waals surface area contributed by atoms with Gasteiger partial charge in [0.15, 0.2) is 10.8 Å². The number of nitrogens with zero attached hydrogens (tertiary/aromatic N) is 2. The van der Waals surface area contributed by atoms with Gasteiger partial charge in [0.05, 0.1) is 0 Å². The van der Waals surface area contributed by atoms with Crippen molar-refractivity contribution in [2.75, 3.05) is 0 Å². The summed E-state index contributed by atoms with van der Waals surface area (Å²) in [4.78, 5) is 10.6. The molecular formula is C5H6N2OS. The Hall–Kier alpha value is -0.770. The molecule has 0 unspecified atom stereocenters. The SMILES string of the molecule is CC(=O)c1nnc(C)s1. The molecule has 0 saturated carbocycles. The van der Waals surface area contributed by atoms with Crippen molar-refractivity contribution in [3.63, 3.8) is 0 Å². The lowest BCUT2D eigenvalue weighted by atomic mass is 10.5. The van der Waals surface area contributed by atoms with Gasteiger partial charge in [-0.3, -0.25) is 4.79 Å². The lowest BCUT2D eigenvalue weighted by Gasteiger charge is -1.76. The van der Waals surface area contributed by atoms with E-state index < -0.39 is 0 Å². The third kappa shape index (κ3) is 1.32. The number of hydrogen-bond acceptors (Lipinski definition) is 4. The molecule has 1 rings (SSSR count). The first-order chi connectivity index (χ1) is 4.20. The Balaban J connectivity index is 2.98. The molecule has 0 N–H and O–H groups in total. The lowest BCUT2D eigenvalue weighted by Crippen LogP contribution is -1.88. The van der Waals surface area contributed by atoms with Crippen molar-refractivity contribution < 1.29 is 4.79 Å². The highest BCUT2D eigenvalue weighted by molar-refractivity contribution is 7.13. The van der Waals surface area contributed by atoms with Crippen molar-refractivity contribution in [2.24, 2.45) is 0 Å². The molecular weight excluding hydrogens is 136 g/mol. The van der Waals surface area contributed by atoms with Crippen LogP contribution in [-0.4, -0.2) is 16.0 Å². The highest BCUT2D eigenvalue weighted by Crippen LogP contribution is 2.07. The largest absolute Gasteiger partial charge is 0.292 e. The fraction of sp³-hybridized carbons (Fsp3) is 0.400. The number of carbonyl (C=O) groups is 1. The van der Waals surface area contributed by atoms with Crippen molar-refractivity contribution in [1.29, 1.82) is 0 Å². The van der Waals surface area contributed by atoms with Gasteiger partial charge in [0.2, 0.25) is 0 Å². The highest BCUT2D eigenvalue weighted by atomic mass is 32.1. The van der Waals surface area contributed by atoms with Crippen LogP contribution in [-0.2, 0) is 0 Å². The van der Waals surface area contributed by atoms with E-state index in [9.17, 15) is 4.79 Å². The molecule has 1 aromatic rings. The number of aryl methyl sites for hydroxylation is 1. The van der Waals surface area contributed by atoms with Gasteiger partial charge in [0.1, 0.15) is 5.01 Å². The van der Waals surface area contributed by atoms with Crippen LogP contribution in [0.25, 0.3) is 0 Å². The Morgan fingerprint density at radius 3 is 2.44 bits per heavy atom. The zero-order chi connectivity index (χ0) is 6.85. The standard InChI is InChI=1S/C5H6N2OS/c1-3(8)5-7-6-4(2)9-5/h1-2H3. The molecule has 0 bridgehead atoms. The second-order valence-electron chi connectivity index (χ2n) is 1.68. The van der Waals surface area contributed by atoms with Crippen LogP contribution in [0.15, 0.2) is 0 Å². The van der Waals surface area contributed by atoms with Crippen LogP contribution in [0.4, 0.5) is 0 Å². The van der Waals surface area contributed by atoms with Crippen LogP contribution in [0, 0.1) is 6.92 Å². The fourth-order valence-electron chi connectivity index (χ4n) is 0.439. The summed E-state index contributed by atoms with van der Waals surface area (Å²) >= 11 is 1.32. The van der Waals surface area contributed by atoms with Gasteiger partial charge in [-0.05, 0) is 6.92 Å². The van der Waals surface area contributed by atoms with Gasteiger partial charge in [-0.2, -0.15) is 0 Å². The Bertz CT molecular complexity index is 231. The van der Waals surface area contributed by atoms with Gasteiger partial charge >= 0.3 is 0 Å². The molecule has 0 radical (unpaired) electrons. The summed E-state index contributed by atoms with van der Waals surface area (Å²) in [5.74, 6) is -0.0133. The average molecular weight is 142 g/mol. The number of ketones is 1. The number of Topliss-reactive ketones (excluding diaryl/α,β-unsaturated/α-hetero) is 1. The maximum atomic E-state index is 10.6. The van der Waals surface area contributed by atoms with Crippen molar-refractivity contribution in [3.05, 3.63) is 10.0 Å². The molecule has 9 heavy (non-hydrogen) atoms. The molecule has 0 saturated heterocycles. The summed E-state index contributed by atoms with van der Waals surface area (Å²) in [7, 11) is 0. The van der Waals surface area contributed by atoms with E-state index in [0.29, 0.717) is 5.01 Å². The maximum Gasteiger partial charge on any atom is 0.190 e. The van der Waals surface area contributed by atoms with Crippen LogP contribution in [0.5, 0.6) is 0 Å². The molecule has 0 fully saturated rings. The molecule has 1 aromatic heterocycles. The Kier molecular flexibility index (Phi) is 1.57. The molecule has 0 aliphatic carbocycles. The Morgan fingerprint density at radius 1 is 1.56 bits per heavy atom. The van der Waals surface area contributed by atoms with E-state index in [0.717, 1.165) is 5.01 Å². The normalized spacial score (nSPS) is 9.56. The first-order valence-electron chi connectivity index (χ1n) is 2.51. The van der Waals surface area contributed by atoms with Gasteiger partial charge in [-0.25, -0.2) is 0 Å². The van der Waals surface area contributed by atoms with Crippen LogP contribution in [0.1, 0.15) is 21.7 Å². The molecule has 0 aliphatic heterocycles. The zero-order valence-electron chi connectivity index (χ0n) is 5.21. The Morgan fingerprint density at radius 2 is 2.22 bits per heavy atom. The first kappa shape index (κ1) is 6.35. The van der Waals surface area contributed by atoms with E-state index in [2.05, 4.69) is 10.2 Å². The smallest absolute Gasteiger partial charge is 0.190 e. The summed E-state index contributed by atoms with van der Waals surface area (Å²) in [6, 6.07) is 0. The van der Waals surface area contributed by atoms with Crippen molar-refractivity contribution in [1.82, 2.24) is 10.2 Å². The molecule has 48 valence electrons. The van der Waals surface area contributed by atoms with Crippen molar-refractivity contribution >= 4 is 17.1 Å². The predicted octanol–water partition coefficient (Wildman–Crippen LogP) is 1.05. The number of rotatable bonds is 1. The first-order valence-corrected chi connectivity index (χ1v) is 3.33. The van der Waals surface area contributed by atoms with Crippen molar-refractivity contribution in [3.8, 4) is 0 Å². The molecule has 0 aromatic carbocycles. The molecule has 4 heteroatoms. The van der Waals surface area contributed by atoms with Crippen LogP contribution in [0.2, 0.25) is 0 Å². The summed E-state index contributed by atoms with van der Waals surface area (Å²) in [5, 5.41) is 8.65. The highest BCUT2D eigenvalue weighted by Gasteiger charge is 2.03. The number of carbonyl (C=O) groups excluding carboxylic acids is 1. The molecule has 0 spiro atoms. The lowest BCUT2D eigenvalue weighted by molar-refractivity contribution is 0.101. The van der Waals surface area contributed by atoms with Crippen LogP contribution >= 0.6 is 11.3 Å². The molecule has 0 amide bonds. The minimum atomic E-state index is -0.0133. The van der Waals surface area contributed by atoms with Gasteiger partial charge in [-0.15, -0.1) is 10.2 Å². The van der Waals surface area contributed by atoms with Gasteiger partial charge in [0, 0.05) is 6.92 Å². The number of hydrogen-bond donors (Lipinski definition) is 0. The van der Waals surface area contributed by atoms with Gasteiger partial charge < -0.3 is 0 Å². The van der Waals surface area contributed by atoms with Gasteiger partial charge in [0.25, 0.3) is 0 Å². The summed E-state index contributed by atoms with van der Waals surface area (Å²) < 4.78 is 0. The summed E-state index contributed by atoms with van der Waals surface area (Å²) in [5.41, 5.74) is 0. The fourth-order valence-corrected chi connectivity index (χ4v) is 1.03. The van der Waals surface area contributed by atoms with E-state index in [-0.39, 0.29) is 5.78 Å². The van der Waals surface area contributed by atoms with E-state index in [1.807, 2.05) is 6.92 Å². The summed E-state index contributed by atoms with van der Waals surface area (Å²) in [6.45, 7) is 3.31. The predicted molar refractivity (Wildman–Crippen MR) is 34.7 cm³/mol. The van der Waals surface area contributed by atoms with E-state index in [1.165, 1.54) is 18.3 Å². The minimum absolute atomic E-state index is 0.0133. The average Bonchev–Trinajstić information content (AvgIpc) is 2.14. The second kappa shape index (κ2) is 2.23. The van der Waals surface area contributed by atoms with E-state index in [1.54, 1.807) is 0 Å². The van der Waals surface area contributed by atoms with E-state index >= 15 is 0 Å². The quantitative estimate of drug-likeness (QED) is 0.550. The molecule has 0 aliphatic rings. The zero-order valence-corrected chi connectivity index (χ0v) is 6.03. The minimum Gasteiger partial charge on any atom is -0.292 e. The molecule has 3 nitrogen and oxygen atoms in total.